The molecule has 3 aromatic rings. The number of hydrogen-bond acceptors (Lipinski definition) is 0. The molecule has 0 saturated carbocycles. The zero-order valence-electron chi connectivity index (χ0n) is 15.6. The maximum Gasteiger partial charge on any atom is -0.0140 e. The molecule has 0 aliphatic rings. The van der Waals surface area contributed by atoms with Crippen LogP contribution in [0.3, 0.4) is 0 Å². The van der Waals surface area contributed by atoms with Crippen LogP contribution < -0.4 is 0 Å². The Morgan fingerprint density at radius 3 is 1.92 bits per heavy atom. The van der Waals surface area contributed by atoms with Crippen LogP contribution in [-0.2, 0) is 0 Å². The predicted molar refractivity (Wildman–Crippen MR) is 108 cm³/mol. The third-order valence-corrected chi connectivity index (χ3v) is 5.78. The third kappa shape index (κ3) is 2.95. The molecule has 3 aromatic carbocycles. The number of hydrogen-bond donors (Lipinski definition) is 0. The summed E-state index contributed by atoms with van der Waals surface area (Å²) in [7, 11) is 0. The second-order valence-corrected chi connectivity index (χ2v) is 7.02. The minimum Gasteiger partial charge on any atom is -0.0648 e. The first-order valence-electron chi connectivity index (χ1n) is 9.68. The van der Waals surface area contributed by atoms with Gasteiger partial charge in [0.2, 0.25) is 0 Å². The minimum atomic E-state index is 0.635. The molecular weight excluding hydrogens is 288 g/mol. The first-order chi connectivity index (χ1) is 11.7. The van der Waals surface area contributed by atoms with Gasteiger partial charge in [0.25, 0.3) is 0 Å². The van der Waals surface area contributed by atoms with E-state index >= 15 is 0 Å². The number of rotatable bonds is 6. The molecule has 0 amide bonds. The Morgan fingerprint density at radius 2 is 1.25 bits per heavy atom. The summed E-state index contributed by atoms with van der Waals surface area (Å²) in [5, 5.41) is 5.69. The maximum absolute atomic E-state index is 2.49. The van der Waals surface area contributed by atoms with Gasteiger partial charge < -0.3 is 0 Å². The fourth-order valence-corrected chi connectivity index (χ4v) is 4.26. The van der Waals surface area contributed by atoms with Crippen molar-refractivity contribution < 1.29 is 0 Å². The molecule has 0 fully saturated rings. The van der Waals surface area contributed by atoms with Crippen LogP contribution in [0.25, 0.3) is 21.5 Å². The van der Waals surface area contributed by atoms with Crippen LogP contribution in [0.2, 0.25) is 0 Å². The molecule has 24 heavy (non-hydrogen) atoms. The van der Waals surface area contributed by atoms with Gasteiger partial charge in [-0.3, -0.25) is 0 Å². The van der Waals surface area contributed by atoms with Crippen molar-refractivity contribution in [3.05, 3.63) is 59.7 Å². The summed E-state index contributed by atoms with van der Waals surface area (Å²) < 4.78 is 0. The van der Waals surface area contributed by atoms with Crippen molar-refractivity contribution in [3.63, 3.8) is 0 Å². The average molecular weight is 319 g/mol. The van der Waals surface area contributed by atoms with Crippen LogP contribution in [-0.4, -0.2) is 0 Å². The molecule has 0 atom stereocenters. The molecule has 0 saturated heterocycles. The summed E-state index contributed by atoms with van der Waals surface area (Å²) in [5.41, 5.74) is 3.08. The largest absolute Gasteiger partial charge is 0.0648 e. The van der Waals surface area contributed by atoms with Gasteiger partial charge >= 0.3 is 0 Å². The monoisotopic (exact) mass is 318 g/mol. The minimum absolute atomic E-state index is 0.635. The summed E-state index contributed by atoms with van der Waals surface area (Å²) in [5.74, 6) is 1.31. The fraction of sp³-hybridized carbons (Fsp3) is 0.417. The van der Waals surface area contributed by atoms with Gasteiger partial charge in [-0.15, -0.1) is 0 Å². The molecule has 0 spiro atoms. The van der Waals surface area contributed by atoms with E-state index in [1.165, 1.54) is 52.8 Å². The molecular formula is C24H30. The summed E-state index contributed by atoms with van der Waals surface area (Å²) >= 11 is 0. The molecule has 126 valence electrons. The standard InChI is InChI=1S/C24H30/c1-5-17(6-2)19-13-14-21-15-20-11-9-10-12-22(20)24(23(21)16-19)18(7-3)8-4/h9-18H,5-8H2,1-4H3. The molecule has 0 nitrogen and oxygen atoms in total. The van der Waals surface area contributed by atoms with E-state index in [4.69, 9.17) is 0 Å². The Kier molecular flexibility index (Phi) is 5.23. The lowest BCUT2D eigenvalue weighted by atomic mass is 9.83. The van der Waals surface area contributed by atoms with Gasteiger partial charge in [-0.25, -0.2) is 0 Å². The Hall–Kier alpha value is -1.82. The molecule has 0 bridgehead atoms. The van der Waals surface area contributed by atoms with Gasteiger partial charge in [0, 0.05) is 0 Å². The highest BCUT2D eigenvalue weighted by Crippen LogP contribution is 2.38. The maximum atomic E-state index is 2.49. The number of fused-ring (bicyclic) bond motifs is 2. The van der Waals surface area contributed by atoms with E-state index in [1.807, 2.05) is 0 Å². The summed E-state index contributed by atoms with van der Waals surface area (Å²) in [6.07, 6.45) is 4.84. The number of benzene rings is 3. The Labute approximate surface area is 146 Å². The van der Waals surface area contributed by atoms with Crippen LogP contribution in [0.1, 0.15) is 76.3 Å². The third-order valence-electron chi connectivity index (χ3n) is 5.78. The predicted octanol–water partition coefficient (Wildman–Crippen LogP) is 7.80. The Balaban J connectivity index is 2.35. The zero-order valence-corrected chi connectivity index (χ0v) is 15.6. The molecule has 0 aliphatic carbocycles. The lowest BCUT2D eigenvalue weighted by molar-refractivity contribution is 0.641. The summed E-state index contributed by atoms with van der Waals surface area (Å²) in [4.78, 5) is 0. The molecule has 3 rings (SSSR count). The quantitative estimate of drug-likeness (QED) is 0.407. The second-order valence-electron chi connectivity index (χ2n) is 7.02. The Bertz CT molecular complexity index is 820. The van der Waals surface area contributed by atoms with Crippen molar-refractivity contribution in [1.29, 1.82) is 0 Å². The van der Waals surface area contributed by atoms with Gasteiger partial charge in [-0.2, -0.15) is 0 Å². The van der Waals surface area contributed by atoms with Crippen molar-refractivity contribution >= 4 is 21.5 Å². The highest BCUT2D eigenvalue weighted by atomic mass is 14.2. The van der Waals surface area contributed by atoms with Crippen molar-refractivity contribution in [2.24, 2.45) is 0 Å². The molecule has 0 N–H and O–H groups in total. The van der Waals surface area contributed by atoms with E-state index in [9.17, 15) is 0 Å². The first-order valence-corrected chi connectivity index (χ1v) is 9.68. The van der Waals surface area contributed by atoms with Gasteiger partial charge in [0.05, 0.1) is 0 Å². The highest BCUT2D eigenvalue weighted by molar-refractivity contribution is 6.03. The molecule has 0 heteroatoms. The molecule has 0 radical (unpaired) electrons. The highest BCUT2D eigenvalue weighted by Gasteiger charge is 2.16. The second kappa shape index (κ2) is 7.38. The van der Waals surface area contributed by atoms with Crippen LogP contribution in [0.5, 0.6) is 0 Å². The van der Waals surface area contributed by atoms with Gasteiger partial charge in [-0.1, -0.05) is 70.2 Å². The topological polar surface area (TPSA) is 0 Å². The molecule has 0 unspecified atom stereocenters. The van der Waals surface area contributed by atoms with E-state index in [1.54, 1.807) is 5.56 Å². The Morgan fingerprint density at radius 1 is 0.625 bits per heavy atom. The van der Waals surface area contributed by atoms with Crippen molar-refractivity contribution in [2.75, 3.05) is 0 Å². The lowest BCUT2D eigenvalue weighted by Crippen LogP contribution is -2.01. The zero-order chi connectivity index (χ0) is 17.1. The fourth-order valence-electron chi connectivity index (χ4n) is 4.26. The summed E-state index contributed by atoms with van der Waals surface area (Å²) in [6, 6.07) is 18.5. The van der Waals surface area contributed by atoms with Crippen LogP contribution >= 0.6 is 0 Å². The van der Waals surface area contributed by atoms with Crippen LogP contribution in [0, 0.1) is 0 Å². The van der Waals surface area contributed by atoms with Crippen molar-refractivity contribution in [1.82, 2.24) is 0 Å². The van der Waals surface area contributed by atoms with Crippen molar-refractivity contribution in [3.8, 4) is 0 Å². The summed E-state index contributed by atoms with van der Waals surface area (Å²) in [6.45, 7) is 9.26. The van der Waals surface area contributed by atoms with E-state index in [-0.39, 0.29) is 0 Å². The first kappa shape index (κ1) is 17.0. The average Bonchev–Trinajstić information content (AvgIpc) is 2.63. The molecule has 0 heterocycles. The van der Waals surface area contributed by atoms with Crippen LogP contribution in [0.4, 0.5) is 0 Å². The van der Waals surface area contributed by atoms with Gasteiger partial charge in [0.15, 0.2) is 0 Å². The lowest BCUT2D eigenvalue weighted by Gasteiger charge is -2.21. The van der Waals surface area contributed by atoms with Gasteiger partial charge in [0.1, 0.15) is 0 Å². The van der Waals surface area contributed by atoms with Crippen molar-refractivity contribution in [2.45, 2.75) is 65.2 Å². The smallest absolute Gasteiger partial charge is 0.0140 e. The van der Waals surface area contributed by atoms with E-state index in [2.05, 4.69) is 76.2 Å². The molecule has 0 aliphatic heterocycles. The van der Waals surface area contributed by atoms with E-state index in [0.717, 1.165) is 0 Å². The molecule has 0 aromatic heterocycles. The van der Waals surface area contributed by atoms with Crippen LogP contribution in [0.15, 0.2) is 48.5 Å². The van der Waals surface area contributed by atoms with Gasteiger partial charge in [-0.05, 0) is 76.3 Å². The normalized spacial score (nSPS) is 11.9. The van der Waals surface area contributed by atoms with E-state index in [0.29, 0.717) is 11.8 Å². The SMILES string of the molecule is CCC(CC)c1ccc2cc3ccccc3c(C(CC)CC)c2c1. The van der Waals surface area contributed by atoms with E-state index < -0.39 is 0 Å².